The number of hydrogen-bond donors (Lipinski definition) is 1. The molecular formula is C14H11NO2S. The lowest BCUT2D eigenvalue weighted by molar-refractivity contribution is 0.101. The molecule has 2 N–H and O–H groups in total. The Balaban J connectivity index is 2.12. The van der Waals surface area contributed by atoms with Gasteiger partial charge in [-0.3, -0.25) is 4.79 Å². The van der Waals surface area contributed by atoms with Crippen LogP contribution in [0.1, 0.15) is 21.0 Å². The fourth-order valence-corrected chi connectivity index (χ4v) is 2.80. The number of benzene rings is 1. The molecule has 3 nitrogen and oxygen atoms in total. The Morgan fingerprint density at radius 3 is 2.67 bits per heavy atom. The third-order valence-corrected chi connectivity index (χ3v) is 3.83. The van der Waals surface area contributed by atoms with Crippen LogP contribution in [0.15, 0.2) is 40.8 Å². The van der Waals surface area contributed by atoms with E-state index < -0.39 is 0 Å². The van der Waals surface area contributed by atoms with Crippen LogP contribution in [-0.2, 0) is 0 Å². The Bertz CT molecular complexity index is 725. The number of anilines is 1. The first-order valence-electron chi connectivity index (χ1n) is 5.55. The van der Waals surface area contributed by atoms with E-state index in [2.05, 4.69) is 0 Å². The highest BCUT2D eigenvalue weighted by Crippen LogP contribution is 2.35. The zero-order chi connectivity index (χ0) is 12.7. The number of hydrogen-bond acceptors (Lipinski definition) is 4. The summed E-state index contributed by atoms with van der Waals surface area (Å²) in [5.41, 5.74) is 7.70. The number of rotatable bonds is 2. The SMILES string of the molecule is Cc1cc2oc(C(=O)c3ccccc3)c(N)c2s1. The number of carbonyl (C=O) groups is 1. The Morgan fingerprint density at radius 2 is 2.00 bits per heavy atom. The van der Waals surface area contributed by atoms with Crippen LogP contribution in [0, 0.1) is 6.92 Å². The molecule has 0 fully saturated rings. The number of nitrogens with two attached hydrogens (primary N) is 1. The minimum atomic E-state index is -0.172. The number of aryl methyl sites for hydroxylation is 1. The van der Waals surface area contributed by atoms with Crippen molar-refractivity contribution in [3.63, 3.8) is 0 Å². The van der Waals surface area contributed by atoms with Gasteiger partial charge in [0.05, 0.1) is 4.70 Å². The van der Waals surface area contributed by atoms with Gasteiger partial charge in [0.2, 0.25) is 5.78 Å². The van der Waals surface area contributed by atoms with Gasteiger partial charge in [0.1, 0.15) is 11.3 Å². The highest BCUT2D eigenvalue weighted by molar-refractivity contribution is 7.19. The standard InChI is InChI=1S/C14H11NO2S/c1-8-7-10-14(18-8)11(15)13(17-10)12(16)9-5-3-2-4-6-9/h2-7H,15H2,1H3. The summed E-state index contributed by atoms with van der Waals surface area (Å²) in [6.07, 6.45) is 0. The highest BCUT2D eigenvalue weighted by atomic mass is 32.1. The predicted octanol–water partition coefficient (Wildman–Crippen LogP) is 3.62. The Hall–Kier alpha value is -2.07. The maximum absolute atomic E-state index is 12.3. The lowest BCUT2D eigenvalue weighted by atomic mass is 10.1. The van der Waals surface area contributed by atoms with Crippen molar-refractivity contribution in [1.82, 2.24) is 0 Å². The first-order valence-corrected chi connectivity index (χ1v) is 6.36. The van der Waals surface area contributed by atoms with E-state index in [0.717, 1.165) is 9.58 Å². The normalized spacial score (nSPS) is 10.9. The van der Waals surface area contributed by atoms with Gasteiger partial charge in [-0.05, 0) is 13.0 Å². The van der Waals surface area contributed by atoms with Gasteiger partial charge in [-0.15, -0.1) is 11.3 Å². The molecule has 3 aromatic rings. The van der Waals surface area contributed by atoms with Gasteiger partial charge < -0.3 is 10.2 Å². The molecule has 0 bridgehead atoms. The van der Waals surface area contributed by atoms with E-state index in [1.165, 1.54) is 0 Å². The molecule has 0 aliphatic rings. The van der Waals surface area contributed by atoms with E-state index in [4.69, 9.17) is 10.2 Å². The van der Waals surface area contributed by atoms with Crippen molar-refractivity contribution in [3.8, 4) is 0 Å². The number of fused-ring (bicyclic) bond motifs is 1. The van der Waals surface area contributed by atoms with E-state index in [1.807, 2.05) is 31.2 Å². The molecule has 0 saturated carbocycles. The second kappa shape index (κ2) is 3.99. The minimum Gasteiger partial charge on any atom is -0.449 e. The molecule has 0 spiro atoms. The minimum absolute atomic E-state index is 0.172. The maximum atomic E-state index is 12.3. The van der Waals surface area contributed by atoms with E-state index in [1.54, 1.807) is 23.5 Å². The third kappa shape index (κ3) is 1.62. The summed E-state index contributed by atoms with van der Waals surface area (Å²) in [5, 5.41) is 0. The Labute approximate surface area is 108 Å². The maximum Gasteiger partial charge on any atom is 0.230 e. The topological polar surface area (TPSA) is 56.2 Å². The molecule has 3 rings (SSSR count). The molecule has 0 radical (unpaired) electrons. The lowest BCUT2D eigenvalue weighted by Crippen LogP contribution is -2.02. The number of thiophene rings is 1. The summed E-state index contributed by atoms with van der Waals surface area (Å²) in [7, 11) is 0. The van der Waals surface area contributed by atoms with Crippen molar-refractivity contribution in [1.29, 1.82) is 0 Å². The van der Waals surface area contributed by atoms with Crippen molar-refractivity contribution in [2.45, 2.75) is 6.92 Å². The quantitative estimate of drug-likeness (QED) is 0.713. The molecule has 0 atom stereocenters. The molecule has 1 aromatic carbocycles. The van der Waals surface area contributed by atoms with E-state index in [-0.39, 0.29) is 11.5 Å². The van der Waals surface area contributed by atoms with Crippen LogP contribution in [0.3, 0.4) is 0 Å². The zero-order valence-electron chi connectivity index (χ0n) is 9.77. The van der Waals surface area contributed by atoms with Crippen molar-refractivity contribution in [2.75, 3.05) is 5.73 Å². The number of nitrogen functional groups attached to an aromatic ring is 1. The summed E-state index contributed by atoms with van der Waals surface area (Å²) in [6.45, 7) is 1.98. The van der Waals surface area contributed by atoms with Gasteiger partial charge in [-0.2, -0.15) is 0 Å². The van der Waals surface area contributed by atoms with Crippen LogP contribution in [-0.4, -0.2) is 5.78 Å². The predicted molar refractivity (Wildman–Crippen MR) is 73.1 cm³/mol. The van der Waals surface area contributed by atoms with Gasteiger partial charge in [0, 0.05) is 10.4 Å². The van der Waals surface area contributed by atoms with Crippen LogP contribution in [0.25, 0.3) is 10.3 Å². The average molecular weight is 257 g/mol. The van der Waals surface area contributed by atoms with Gasteiger partial charge >= 0.3 is 0 Å². The molecule has 18 heavy (non-hydrogen) atoms. The van der Waals surface area contributed by atoms with Crippen LogP contribution >= 0.6 is 11.3 Å². The molecule has 4 heteroatoms. The van der Waals surface area contributed by atoms with Gasteiger partial charge in [-0.1, -0.05) is 30.3 Å². The van der Waals surface area contributed by atoms with E-state index in [9.17, 15) is 4.79 Å². The molecule has 0 amide bonds. The molecule has 0 aliphatic heterocycles. The fraction of sp³-hybridized carbons (Fsp3) is 0.0714. The summed E-state index contributed by atoms with van der Waals surface area (Å²) >= 11 is 1.54. The van der Waals surface area contributed by atoms with Gasteiger partial charge in [0.15, 0.2) is 5.76 Å². The lowest BCUT2D eigenvalue weighted by Gasteiger charge is -1.98. The first-order chi connectivity index (χ1) is 8.66. The first kappa shape index (κ1) is 11.0. The van der Waals surface area contributed by atoms with Gasteiger partial charge in [0.25, 0.3) is 0 Å². The van der Waals surface area contributed by atoms with Crippen LogP contribution in [0.4, 0.5) is 5.69 Å². The van der Waals surface area contributed by atoms with Crippen molar-refractivity contribution >= 4 is 33.1 Å². The number of furan rings is 1. The van der Waals surface area contributed by atoms with Crippen LogP contribution in [0.2, 0.25) is 0 Å². The molecule has 2 aromatic heterocycles. The average Bonchev–Trinajstić information content (AvgIpc) is 2.88. The summed E-state index contributed by atoms with van der Waals surface area (Å²) in [4.78, 5) is 13.4. The zero-order valence-corrected chi connectivity index (χ0v) is 10.6. The van der Waals surface area contributed by atoms with Crippen LogP contribution < -0.4 is 5.73 Å². The number of carbonyl (C=O) groups excluding carboxylic acids is 1. The van der Waals surface area contributed by atoms with Gasteiger partial charge in [-0.25, -0.2) is 0 Å². The smallest absolute Gasteiger partial charge is 0.230 e. The monoisotopic (exact) mass is 257 g/mol. The fourth-order valence-electron chi connectivity index (χ4n) is 1.91. The Morgan fingerprint density at radius 1 is 1.28 bits per heavy atom. The number of ketones is 1. The largest absolute Gasteiger partial charge is 0.449 e. The van der Waals surface area contributed by atoms with Crippen molar-refractivity contribution in [3.05, 3.63) is 52.6 Å². The second-order valence-corrected chi connectivity index (χ2v) is 5.35. The summed E-state index contributed by atoms with van der Waals surface area (Å²) < 4.78 is 6.43. The van der Waals surface area contributed by atoms with Crippen molar-refractivity contribution in [2.24, 2.45) is 0 Å². The second-order valence-electron chi connectivity index (χ2n) is 4.09. The molecule has 0 saturated heterocycles. The van der Waals surface area contributed by atoms with E-state index in [0.29, 0.717) is 16.8 Å². The highest BCUT2D eigenvalue weighted by Gasteiger charge is 2.21. The Kier molecular flexibility index (Phi) is 2.45. The molecular weight excluding hydrogens is 246 g/mol. The van der Waals surface area contributed by atoms with Crippen LogP contribution in [0.5, 0.6) is 0 Å². The molecule has 90 valence electrons. The molecule has 0 unspecified atom stereocenters. The summed E-state index contributed by atoms with van der Waals surface area (Å²) in [6, 6.07) is 10.9. The third-order valence-electron chi connectivity index (χ3n) is 2.76. The van der Waals surface area contributed by atoms with E-state index >= 15 is 0 Å². The summed E-state index contributed by atoms with van der Waals surface area (Å²) in [5.74, 6) is 0.0663. The molecule has 0 aliphatic carbocycles. The molecule has 2 heterocycles. The van der Waals surface area contributed by atoms with Crippen molar-refractivity contribution < 1.29 is 9.21 Å².